The summed E-state index contributed by atoms with van der Waals surface area (Å²) in [7, 11) is -3.40. The van der Waals surface area contributed by atoms with E-state index < -0.39 is 10.0 Å². The van der Waals surface area contributed by atoms with Crippen molar-refractivity contribution < 1.29 is 17.7 Å². The summed E-state index contributed by atoms with van der Waals surface area (Å²) in [6.45, 7) is 3.09. The summed E-state index contributed by atoms with van der Waals surface area (Å²) < 4.78 is 30.6. The number of rotatable bonds is 7. The predicted octanol–water partition coefficient (Wildman–Crippen LogP) is 0.776. The second kappa shape index (κ2) is 8.05. The van der Waals surface area contributed by atoms with Gasteiger partial charge in [-0.05, 0) is 5.56 Å². The third kappa shape index (κ3) is 5.04. The van der Waals surface area contributed by atoms with Crippen molar-refractivity contribution in [2.24, 2.45) is 0 Å². The van der Waals surface area contributed by atoms with E-state index >= 15 is 0 Å². The number of aromatic nitrogens is 2. The van der Waals surface area contributed by atoms with Crippen molar-refractivity contribution >= 4 is 16.1 Å². The quantitative estimate of drug-likeness (QED) is 0.744. The van der Waals surface area contributed by atoms with Gasteiger partial charge < -0.3 is 14.7 Å². The molecule has 1 saturated heterocycles. The molecule has 0 atom stereocenters. The van der Waals surface area contributed by atoms with Crippen molar-refractivity contribution in [1.82, 2.24) is 24.7 Å². The Balaban J connectivity index is 1.50. The first-order chi connectivity index (χ1) is 12.8. The topological polar surface area (TPSA) is 109 Å². The van der Waals surface area contributed by atoms with Crippen LogP contribution in [-0.2, 0) is 23.0 Å². The van der Waals surface area contributed by atoms with Gasteiger partial charge in [-0.15, -0.1) is 0 Å². The van der Waals surface area contributed by atoms with Gasteiger partial charge in [0.25, 0.3) is 0 Å². The second-order valence-corrected chi connectivity index (χ2v) is 8.49. The Bertz CT molecular complexity index is 878. The molecule has 9 nitrogen and oxygen atoms in total. The fourth-order valence-electron chi connectivity index (χ4n) is 2.96. The molecular weight excluding hydrogens is 370 g/mol. The Hall–Kier alpha value is -2.46. The second-order valence-electron chi connectivity index (χ2n) is 6.56. The molecule has 2 aromatic rings. The van der Waals surface area contributed by atoms with Gasteiger partial charge in [0, 0.05) is 39.5 Å². The van der Waals surface area contributed by atoms with Gasteiger partial charge in [0.05, 0.1) is 12.3 Å². The number of hydrogen-bond acceptors (Lipinski definition) is 6. The molecular formula is C17H23N5O4S. The third-order valence-electron chi connectivity index (χ3n) is 4.39. The van der Waals surface area contributed by atoms with E-state index in [9.17, 15) is 13.2 Å². The van der Waals surface area contributed by atoms with Crippen LogP contribution in [0.15, 0.2) is 34.9 Å². The number of nitrogens with zero attached hydrogens (tertiary/aromatic N) is 4. The Morgan fingerprint density at radius 2 is 2.04 bits per heavy atom. The van der Waals surface area contributed by atoms with Gasteiger partial charge in [0.1, 0.15) is 0 Å². The zero-order valence-corrected chi connectivity index (χ0v) is 16.1. The molecule has 146 valence electrons. The molecule has 1 aliphatic rings. The Morgan fingerprint density at radius 1 is 1.33 bits per heavy atom. The first-order valence-corrected chi connectivity index (χ1v) is 10.5. The minimum atomic E-state index is -3.40. The van der Waals surface area contributed by atoms with Crippen molar-refractivity contribution in [3.8, 4) is 0 Å². The van der Waals surface area contributed by atoms with Gasteiger partial charge in [-0.2, -0.15) is 9.29 Å². The highest BCUT2D eigenvalue weighted by molar-refractivity contribution is 7.88. The average molecular weight is 393 g/mol. The lowest BCUT2D eigenvalue weighted by Crippen LogP contribution is -2.64. The van der Waals surface area contributed by atoms with Crippen LogP contribution in [0.2, 0.25) is 0 Å². The van der Waals surface area contributed by atoms with E-state index in [1.165, 1.54) is 10.6 Å². The molecule has 1 aromatic heterocycles. The van der Waals surface area contributed by atoms with Crippen LogP contribution >= 0.6 is 0 Å². The van der Waals surface area contributed by atoms with Crippen molar-refractivity contribution in [2.45, 2.75) is 25.9 Å². The zero-order chi connectivity index (χ0) is 19.4. The van der Waals surface area contributed by atoms with E-state index in [4.69, 9.17) is 4.52 Å². The number of amides is 2. The summed E-state index contributed by atoms with van der Waals surface area (Å²) in [5.41, 5.74) is 1.01. The minimum absolute atomic E-state index is 0.197. The molecule has 0 bridgehead atoms. The van der Waals surface area contributed by atoms with Gasteiger partial charge in [0.2, 0.25) is 15.9 Å². The number of carbonyl (C=O) groups is 1. The predicted molar refractivity (Wildman–Crippen MR) is 98.3 cm³/mol. The lowest BCUT2D eigenvalue weighted by atomic mass is 10.1. The smallest absolute Gasteiger partial charge is 0.317 e. The molecule has 1 aliphatic heterocycles. The largest absolute Gasteiger partial charge is 0.340 e. The van der Waals surface area contributed by atoms with Crippen molar-refractivity contribution in [3.05, 3.63) is 47.6 Å². The van der Waals surface area contributed by atoms with Crippen LogP contribution < -0.4 is 5.32 Å². The first-order valence-electron chi connectivity index (χ1n) is 8.65. The van der Waals surface area contributed by atoms with Crippen LogP contribution in [0.25, 0.3) is 0 Å². The minimum Gasteiger partial charge on any atom is -0.340 e. The molecule has 2 heterocycles. The summed E-state index contributed by atoms with van der Waals surface area (Å²) >= 11 is 0. The van der Waals surface area contributed by atoms with E-state index in [-0.39, 0.29) is 18.6 Å². The maximum atomic E-state index is 12.2. The monoisotopic (exact) mass is 393 g/mol. The molecule has 1 fully saturated rings. The number of carbonyl (C=O) groups excluding carboxylic acids is 1. The van der Waals surface area contributed by atoms with Gasteiger partial charge in [-0.1, -0.05) is 35.5 Å². The average Bonchev–Trinajstić information content (AvgIpc) is 2.99. The molecule has 10 heteroatoms. The Labute approximate surface area is 158 Å². The number of sulfonamides is 1. The molecule has 0 spiro atoms. The van der Waals surface area contributed by atoms with Gasteiger partial charge in [0.15, 0.2) is 5.82 Å². The number of likely N-dealkylation sites (tertiary alicyclic amines) is 1. The van der Waals surface area contributed by atoms with Crippen molar-refractivity contribution in [1.29, 1.82) is 0 Å². The molecule has 0 saturated carbocycles. The van der Waals surface area contributed by atoms with Crippen molar-refractivity contribution in [2.75, 3.05) is 25.9 Å². The van der Waals surface area contributed by atoms with Crippen molar-refractivity contribution in [3.63, 3.8) is 0 Å². The van der Waals surface area contributed by atoms with Gasteiger partial charge in [-0.25, -0.2) is 13.2 Å². The van der Waals surface area contributed by atoms with Crippen LogP contribution in [0.4, 0.5) is 4.79 Å². The number of aryl methyl sites for hydroxylation is 1. The third-order valence-corrected chi connectivity index (χ3v) is 5.73. The summed E-state index contributed by atoms with van der Waals surface area (Å²) in [6.07, 6.45) is 1.54. The standard InChI is InChI=1S/C17H23N5O4S/c1-13-19-16(20-26-13)8-9-22(27(2,24)25)15-11-21(12-15)17(23)18-10-14-6-4-3-5-7-14/h3-7,15H,8-12H2,1-2H3,(H,18,23). The first kappa shape index (κ1) is 19.3. The van der Waals surface area contributed by atoms with E-state index in [2.05, 4.69) is 15.5 Å². The van der Waals surface area contributed by atoms with Gasteiger partial charge in [-0.3, -0.25) is 0 Å². The lowest BCUT2D eigenvalue weighted by Gasteiger charge is -2.44. The SMILES string of the molecule is Cc1nc(CCN(C2CN(C(=O)NCc3ccccc3)C2)S(C)(=O)=O)no1. The number of nitrogens with one attached hydrogen (secondary N) is 1. The lowest BCUT2D eigenvalue weighted by molar-refractivity contribution is 0.101. The highest BCUT2D eigenvalue weighted by Crippen LogP contribution is 2.18. The van der Waals surface area contributed by atoms with E-state index in [1.807, 2.05) is 30.3 Å². The summed E-state index contributed by atoms with van der Waals surface area (Å²) in [5.74, 6) is 0.916. The number of hydrogen-bond donors (Lipinski definition) is 1. The summed E-state index contributed by atoms with van der Waals surface area (Å²) in [4.78, 5) is 17.9. The molecule has 27 heavy (non-hydrogen) atoms. The molecule has 0 aliphatic carbocycles. The Morgan fingerprint density at radius 3 is 2.63 bits per heavy atom. The molecule has 1 aromatic carbocycles. The van der Waals surface area contributed by atoms with E-state index in [0.29, 0.717) is 37.8 Å². The molecule has 0 radical (unpaired) electrons. The molecule has 2 amide bonds. The maximum absolute atomic E-state index is 12.2. The maximum Gasteiger partial charge on any atom is 0.317 e. The summed E-state index contributed by atoms with van der Waals surface area (Å²) in [6, 6.07) is 9.18. The highest BCUT2D eigenvalue weighted by Gasteiger charge is 2.38. The van der Waals surface area contributed by atoms with Crippen LogP contribution in [0.1, 0.15) is 17.3 Å². The molecule has 0 unspecified atom stereocenters. The summed E-state index contributed by atoms with van der Waals surface area (Å²) in [5, 5.41) is 6.63. The number of urea groups is 1. The Kier molecular flexibility index (Phi) is 5.76. The van der Waals surface area contributed by atoms with E-state index in [1.54, 1.807) is 11.8 Å². The fourth-order valence-corrected chi connectivity index (χ4v) is 4.06. The normalized spacial score (nSPS) is 15.0. The van der Waals surface area contributed by atoms with Crippen LogP contribution in [0.3, 0.4) is 0 Å². The van der Waals surface area contributed by atoms with Gasteiger partial charge >= 0.3 is 6.03 Å². The van der Waals surface area contributed by atoms with Crippen LogP contribution in [0, 0.1) is 6.92 Å². The highest BCUT2D eigenvalue weighted by atomic mass is 32.2. The zero-order valence-electron chi connectivity index (χ0n) is 15.3. The molecule has 1 N–H and O–H groups in total. The number of benzene rings is 1. The van der Waals surface area contributed by atoms with E-state index in [0.717, 1.165) is 5.56 Å². The fraction of sp³-hybridized carbons (Fsp3) is 0.471. The molecule has 3 rings (SSSR count). The van der Waals surface area contributed by atoms with Crippen LogP contribution in [-0.4, -0.2) is 65.7 Å². The van der Waals surface area contributed by atoms with Crippen LogP contribution in [0.5, 0.6) is 0 Å².